The molecule has 0 amide bonds. The van der Waals surface area contributed by atoms with Crippen LogP contribution < -0.4 is 5.32 Å². The molecule has 21 heavy (non-hydrogen) atoms. The molecule has 0 fully saturated rings. The predicted octanol–water partition coefficient (Wildman–Crippen LogP) is 5.05. The largest absolute Gasteiger partial charge is 0.303 e. The lowest BCUT2D eigenvalue weighted by molar-refractivity contribution is 0.339. The number of fused-ring (bicyclic) bond motifs is 1. The third-order valence-corrected chi connectivity index (χ3v) is 4.58. The summed E-state index contributed by atoms with van der Waals surface area (Å²) < 4.78 is 0. The molecule has 0 aromatic heterocycles. The van der Waals surface area contributed by atoms with Crippen LogP contribution in [0, 0.1) is 5.92 Å². The summed E-state index contributed by atoms with van der Waals surface area (Å²) in [5, 5.41) is 3.93. The third-order valence-electron chi connectivity index (χ3n) is 4.58. The fourth-order valence-corrected chi connectivity index (χ4v) is 3.48. The molecule has 0 aliphatic heterocycles. The average Bonchev–Trinajstić information content (AvgIpc) is 2.53. The molecule has 0 radical (unpaired) electrons. The Labute approximate surface area is 128 Å². The van der Waals surface area contributed by atoms with Crippen LogP contribution in [-0.4, -0.2) is 0 Å². The van der Waals surface area contributed by atoms with Crippen LogP contribution in [0.1, 0.15) is 55.5 Å². The van der Waals surface area contributed by atoms with E-state index in [9.17, 15) is 0 Å². The van der Waals surface area contributed by atoms with Crippen LogP contribution in [0.2, 0.25) is 0 Å². The molecule has 1 aliphatic rings. The van der Waals surface area contributed by atoms with Crippen molar-refractivity contribution in [1.29, 1.82) is 0 Å². The van der Waals surface area contributed by atoms with Gasteiger partial charge < -0.3 is 5.32 Å². The second-order valence-electron chi connectivity index (χ2n) is 6.44. The molecule has 1 aliphatic carbocycles. The maximum absolute atomic E-state index is 3.93. The second kappa shape index (κ2) is 6.44. The van der Waals surface area contributed by atoms with Crippen molar-refractivity contribution in [2.75, 3.05) is 0 Å². The Balaban J connectivity index is 1.85. The van der Waals surface area contributed by atoms with E-state index in [1.807, 2.05) is 0 Å². The quantitative estimate of drug-likeness (QED) is 0.825. The van der Waals surface area contributed by atoms with E-state index in [4.69, 9.17) is 0 Å². The lowest BCUT2D eigenvalue weighted by atomic mass is 9.86. The number of hydrogen-bond donors (Lipinski definition) is 1. The minimum absolute atomic E-state index is 0.419. The van der Waals surface area contributed by atoms with Crippen LogP contribution in [0.25, 0.3) is 0 Å². The molecular weight excluding hydrogens is 254 g/mol. The molecule has 0 heterocycles. The highest BCUT2D eigenvalue weighted by molar-refractivity contribution is 5.32. The molecule has 0 spiro atoms. The maximum Gasteiger partial charge on any atom is 0.0348 e. The van der Waals surface area contributed by atoms with Crippen molar-refractivity contribution < 1.29 is 0 Å². The number of benzene rings is 2. The minimum atomic E-state index is 0.419. The van der Waals surface area contributed by atoms with Gasteiger partial charge in [0.15, 0.2) is 0 Å². The van der Waals surface area contributed by atoms with Crippen molar-refractivity contribution in [1.82, 2.24) is 5.32 Å². The van der Waals surface area contributed by atoms with Crippen molar-refractivity contribution in [3.8, 4) is 0 Å². The first kappa shape index (κ1) is 14.3. The van der Waals surface area contributed by atoms with Gasteiger partial charge in [-0.2, -0.15) is 0 Å². The van der Waals surface area contributed by atoms with Gasteiger partial charge >= 0.3 is 0 Å². The van der Waals surface area contributed by atoms with Gasteiger partial charge in [0.1, 0.15) is 0 Å². The molecule has 0 saturated carbocycles. The second-order valence-corrected chi connectivity index (χ2v) is 6.44. The third kappa shape index (κ3) is 3.19. The van der Waals surface area contributed by atoms with Crippen LogP contribution in [0.4, 0.5) is 0 Å². The van der Waals surface area contributed by atoms with E-state index in [0.29, 0.717) is 18.0 Å². The Kier molecular flexibility index (Phi) is 4.40. The van der Waals surface area contributed by atoms with Gasteiger partial charge in [-0.25, -0.2) is 0 Å². The molecule has 1 N–H and O–H groups in total. The first-order chi connectivity index (χ1) is 10.3. The molecule has 0 bridgehead atoms. The molecule has 2 atom stereocenters. The highest BCUT2D eigenvalue weighted by Crippen LogP contribution is 2.33. The first-order valence-corrected chi connectivity index (χ1v) is 8.14. The average molecular weight is 279 g/mol. The Bertz CT molecular complexity index is 573. The Morgan fingerprint density at radius 1 is 0.952 bits per heavy atom. The fraction of sp³-hybridized carbons (Fsp3) is 0.400. The molecule has 2 aromatic carbocycles. The van der Waals surface area contributed by atoms with Gasteiger partial charge in [-0.05, 0) is 41.9 Å². The lowest BCUT2D eigenvalue weighted by Crippen LogP contribution is -2.32. The molecule has 0 saturated heterocycles. The number of rotatable bonds is 4. The van der Waals surface area contributed by atoms with E-state index in [-0.39, 0.29) is 0 Å². The van der Waals surface area contributed by atoms with E-state index >= 15 is 0 Å². The summed E-state index contributed by atoms with van der Waals surface area (Å²) in [6.07, 6.45) is 3.76. The summed E-state index contributed by atoms with van der Waals surface area (Å²) in [4.78, 5) is 0. The Hall–Kier alpha value is -1.60. The maximum atomic E-state index is 3.93. The molecule has 2 unspecified atom stereocenters. The number of hydrogen-bond acceptors (Lipinski definition) is 1. The van der Waals surface area contributed by atoms with Gasteiger partial charge in [-0.1, -0.05) is 68.4 Å². The van der Waals surface area contributed by atoms with Crippen molar-refractivity contribution in [3.63, 3.8) is 0 Å². The minimum Gasteiger partial charge on any atom is -0.303 e. The zero-order valence-electron chi connectivity index (χ0n) is 13.0. The van der Waals surface area contributed by atoms with Gasteiger partial charge in [0.05, 0.1) is 0 Å². The highest BCUT2D eigenvalue weighted by atomic mass is 15.0. The highest BCUT2D eigenvalue weighted by Gasteiger charge is 2.24. The smallest absolute Gasteiger partial charge is 0.0348 e. The van der Waals surface area contributed by atoms with Gasteiger partial charge in [-0.3, -0.25) is 0 Å². The standard InChI is InChI=1S/C20H25N/c1-15(2)20(17-10-4-3-5-11-17)21-19-14-8-12-16-9-6-7-13-18(16)19/h3-7,9-11,13,15,19-21H,8,12,14H2,1-2H3. The topological polar surface area (TPSA) is 12.0 Å². The van der Waals surface area contributed by atoms with E-state index in [1.54, 1.807) is 0 Å². The summed E-state index contributed by atoms with van der Waals surface area (Å²) in [7, 11) is 0. The fourth-order valence-electron chi connectivity index (χ4n) is 3.48. The summed E-state index contributed by atoms with van der Waals surface area (Å²) in [6.45, 7) is 4.61. The van der Waals surface area contributed by atoms with E-state index in [0.717, 1.165) is 0 Å². The van der Waals surface area contributed by atoms with E-state index in [1.165, 1.54) is 36.0 Å². The van der Waals surface area contributed by atoms with Gasteiger partial charge in [0.25, 0.3) is 0 Å². The van der Waals surface area contributed by atoms with Crippen LogP contribution in [0.3, 0.4) is 0 Å². The molecule has 1 heteroatoms. The van der Waals surface area contributed by atoms with Crippen LogP contribution in [0.5, 0.6) is 0 Å². The normalized spacial score (nSPS) is 19.3. The summed E-state index contributed by atoms with van der Waals surface area (Å²) >= 11 is 0. The van der Waals surface area contributed by atoms with Crippen molar-refractivity contribution in [2.24, 2.45) is 5.92 Å². The summed E-state index contributed by atoms with van der Waals surface area (Å²) in [5.74, 6) is 0.585. The van der Waals surface area contributed by atoms with E-state index < -0.39 is 0 Å². The van der Waals surface area contributed by atoms with Crippen LogP contribution in [-0.2, 0) is 6.42 Å². The Morgan fingerprint density at radius 2 is 1.67 bits per heavy atom. The monoisotopic (exact) mass is 279 g/mol. The van der Waals surface area contributed by atoms with Crippen molar-refractivity contribution in [2.45, 2.75) is 45.2 Å². The molecule has 1 nitrogen and oxygen atoms in total. The molecule has 2 aromatic rings. The van der Waals surface area contributed by atoms with Crippen LogP contribution >= 0.6 is 0 Å². The van der Waals surface area contributed by atoms with Gasteiger partial charge in [-0.15, -0.1) is 0 Å². The zero-order valence-corrected chi connectivity index (χ0v) is 13.0. The van der Waals surface area contributed by atoms with Crippen LogP contribution in [0.15, 0.2) is 54.6 Å². The zero-order chi connectivity index (χ0) is 14.7. The SMILES string of the molecule is CC(C)C(NC1CCCc2ccccc21)c1ccccc1. The van der Waals surface area contributed by atoms with Crippen molar-refractivity contribution >= 4 is 0 Å². The van der Waals surface area contributed by atoms with E-state index in [2.05, 4.69) is 73.8 Å². The molecule has 110 valence electrons. The van der Waals surface area contributed by atoms with Gasteiger partial charge in [0.2, 0.25) is 0 Å². The molecule has 3 rings (SSSR count). The number of aryl methyl sites for hydroxylation is 1. The molecular formula is C20H25N. The first-order valence-electron chi connectivity index (χ1n) is 8.14. The van der Waals surface area contributed by atoms with Crippen molar-refractivity contribution in [3.05, 3.63) is 71.3 Å². The Morgan fingerprint density at radius 3 is 2.43 bits per heavy atom. The lowest BCUT2D eigenvalue weighted by Gasteiger charge is -2.32. The summed E-state index contributed by atoms with van der Waals surface area (Å²) in [6, 6.07) is 20.7. The summed E-state index contributed by atoms with van der Waals surface area (Å²) in [5.41, 5.74) is 4.43. The number of nitrogens with one attached hydrogen (secondary N) is 1. The van der Waals surface area contributed by atoms with Gasteiger partial charge in [0, 0.05) is 12.1 Å². The predicted molar refractivity (Wildman–Crippen MR) is 89.3 cm³/mol.